The molecule has 0 radical (unpaired) electrons. The molecule has 4 nitrogen and oxygen atoms in total. The van der Waals surface area contributed by atoms with Crippen molar-refractivity contribution < 1.29 is 4.39 Å². The normalized spacial score (nSPS) is 20.0. The van der Waals surface area contributed by atoms with E-state index in [-0.39, 0.29) is 17.7 Å². The third-order valence-electron chi connectivity index (χ3n) is 4.44. The number of hydrogen-bond donors (Lipinski definition) is 0. The van der Waals surface area contributed by atoms with Gasteiger partial charge in [-0.2, -0.15) is 0 Å². The van der Waals surface area contributed by atoms with Gasteiger partial charge in [0.25, 0.3) is 0 Å². The fourth-order valence-corrected chi connectivity index (χ4v) is 3.07. The minimum absolute atomic E-state index is 0.104. The molecule has 0 aliphatic heterocycles. The molecule has 27 heavy (non-hydrogen) atoms. The summed E-state index contributed by atoms with van der Waals surface area (Å²) in [4.78, 5) is 16.1. The van der Waals surface area contributed by atoms with E-state index in [0.29, 0.717) is 13.1 Å². The van der Waals surface area contributed by atoms with Crippen molar-refractivity contribution in [2.45, 2.75) is 32.1 Å². The topological polar surface area (TPSA) is 49.4 Å². The van der Waals surface area contributed by atoms with Gasteiger partial charge in [0.05, 0.1) is 13.1 Å². The summed E-state index contributed by atoms with van der Waals surface area (Å²) >= 11 is 0. The van der Waals surface area contributed by atoms with Crippen LogP contribution in [0.1, 0.15) is 36.8 Å². The number of aliphatic imine (C=N–C) groups is 4. The Labute approximate surface area is 161 Å². The molecule has 142 valence electrons. The summed E-state index contributed by atoms with van der Waals surface area (Å²) in [6, 6.07) is 5.64. The Kier molecular flexibility index (Phi) is 8.49. The molecule has 1 fully saturated rings. The van der Waals surface area contributed by atoms with E-state index in [1.54, 1.807) is 30.8 Å². The summed E-state index contributed by atoms with van der Waals surface area (Å²) in [5.41, 5.74) is 2.84. The number of allylic oxidation sites excluding steroid dienone is 2. The zero-order chi connectivity index (χ0) is 19.5. The maximum absolute atomic E-state index is 14.4. The molecule has 0 saturated heterocycles. The first-order valence-corrected chi connectivity index (χ1v) is 9.26. The Bertz CT molecular complexity index is 762. The lowest BCUT2D eigenvalue weighted by Crippen LogP contribution is -1.96. The van der Waals surface area contributed by atoms with Crippen LogP contribution in [-0.2, 0) is 6.42 Å². The Morgan fingerprint density at radius 2 is 2.04 bits per heavy atom. The van der Waals surface area contributed by atoms with Crippen LogP contribution in [0.5, 0.6) is 0 Å². The lowest BCUT2D eigenvalue weighted by Gasteiger charge is -2.06. The standard InChI is InChI=1S/C22H27FN4/c1-4-6-17-7-8-19(22(23)13-17)21-14-20(21)18(15-25-3)16-27-12-11-26-10-5-9-24-2/h5,7-10,13,15-16,20-21H,2-4,6,11-12,14H2,1H3/b9-5-,18-15+,26-10?,27-16?. The second-order valence-corrected chi connectivity index (χ2v) is 6.48. The Balaban J connectivity index is 1.93. The molecule has 5 heteroatoms. The monoisotopic (exact) mass is 366 g/mol. The maximum Gasteiger partial charge on any atom is 0.126 e. The summed E-state index contributed by atoms with van der Waals surface area (Å²) in [6.45, 7) is 10.2. The second kappa shape index (κ2) is 11.1. The quantitative estimate of drug-likeness (QED) is 0.398. The van der Waals surface area contributed by atoms with Crippen LogP contribution in [0.3, 0.4) is 0 Å². The van der Waals surface area contributed by atoms with Crippen LogP contribution in [0.25, 0.3) is 0 Å². The van der Waals surface area contributed by atoms with E-state index >= 15 is 0 Å². The van der Waals surface area contributed by atoms with Crippen LogP contribution in [-0.4, -0.2) is 39.0 Å². The van der Waals surface area contributed by atoms with Gasteiger partial charge in [0, 0.05) is 24.8 Å². The van der Waals surface area contributed by atoms with E-state index in [2.05, 4.69) is 40.3 Å². The molecule has 0 heterocycles. The molecule has 1 aromatic carbocycles. The van der Waals surface area contributed by atoms with E-state index in [9.17, 15) is 4.39 Å². The number of rotatable bonds is 11. The molecule has 0 bridgehead atoms. The van der Waals surface area contributed by atoms with E-state index in [0.717, 1.165) is 36.0 Å². The third kappa shape index (κ3) is 6.51. The predicted molar refractivity (Wildman–Crippen MR) is 114 cm³/mol. The molecule has 0 amide bonds. The zero-order valence-corrected chi connectivity index (χ0v) is 15.9. The van der Waals surface area contributed by atoms with Crippen LogP contribution < -0.4 is 0 Å². The van der Waals surface area contributed by atoms with E-state index in [4.69, 9.17) is 0 Å². The molecular formula is C22H27FN4. The third-order valence-corrected chi connectivity index (χ3v) is 4.44. The van der Waals surface area contributed by atoms with Gasteiger partial charge < -0.3 is 0 Å². The van der Waals surface area contributed by atoms with Gasteiger partial charge in [-0.25, -0.2) is 4.39 Å². The van der Waals surface area contributed by atoms with Crippen LogP contribution in [0, 0.1) is 11.7 Å². The van der Waals surface area contributed by atoms with Gasteiger partial charge in [-0.3, -0.25) is 20.0 Å². The molecule has 1 aromatic rings. The highest BCUT2D eigenvalue weighted by Crippen LogP contribution is 2.52. The molecule has 2 unspecified atom stereocenters. The van der Waals surface area contributed by atoms with Crippen molar-refractivity contribution >= 4 is 25.9 Å². The molecule has 0 aromatic heterocycles. The van der Waals surface area contributed by atoms with Gasteiger partial charge in [-0.05, 0) is 67.0 Å². The van der Waals surface area contributed by atoms with Crippen molar-refractivity contribution in [3.8, 4) is 0 Å². The lowest BCUT2D eigenvalue weighted by molar-refractivity contribution is 0.606. The number of hydrogen-bond acceptors (Lipinski definition) is 4. The average Bonchev–Trinajstić information content (AvgIpc) is 3.44. The fourth-order valence-electron chi connectivity index (χ4n) is 3.07. The Hall–Kier alpha value is -2.69. The van der Waals surface area contributed by atoms with Gasteiger partial charge in [0.1, 0.15) is 5.82 Å². The summed E-state index contributed by atoms with van der Waals surface area (Å²) in [5.74, 6) is 0.332. The van der Waals surface area contributed by atoms with Crippen LogP contribution in [0.2, 0.25) is 0 Å². The van der Waals surface area contributed by atoms with Gasteiger partial charge in [-0.15, -0.1) is 0 Å². The highest BCUT2D eigenvalue weighted by molar-refractivity contribution is 5.80. The van der Waals surface area contributed by atoms with Gasteiger partial charge in [0.2, 0.25) is 0 Å². The Morgan fingerprint density at radius 1 is 1.22 bits per heavy atom. The smallest absolute Gasteiger partial charge is 0.126 e. The van der Waals surface area contributed by atoms with E-state index in [1.165, 1.54) is 0 Å². The minimum atomic E-state index is -0.104. The molecule has 0 N–H and O–H groups in total. The van der Waals surface area contributed by atoms with Gasteiger partial charge in [-0.1, -0.05) is 25.5 Å². The molecule has 2 atom stereocenters. The SMILES string of the molecule is C=N/C=C\C=NCCN=C/C(=C\N=C)C1CC1c1ccc(CCC)cc1F. The fraction of sp³-hybridized carbons (Fsp3) is 0.364. The predicted octanol–water partition coefficient (Wildman–Crippen LogP) is 4.82. The number of aryl methyl sites for hydroxylation is 1. The average molecular weight is 366 g/mol. The van der Waals surface area contributed by atoms with Crippen LogP contribution >= 0.6 is 0 Å². The summed E-state index contributed by atoms with van der Waals surface area (Å²) in [7, 11) is 0. The van der Waals surface area contributed by atoms with Crippen molar-refractivity contribution in [1.82, 2.24) is 0 Å². The molecular weight excluding hydrogens is 339 g/mol. The Morgan fingerprint density at radius 3 is 2.74 bits per heavy atom. The molecule has 1 aliphatic rings. The zero-order valence-electron chi connectivity index (χ0n) is 15.9. The summed E-state index contributed by atoms with van der Waals surface area (Å²) in [6.07, 6.45) is 11.3. The van der Waals surface area contributed by atoms with Crippen molar-refractivity contribution in [1.29, 1.82) is 0 Å². The summed E-state index contributed by atoms with van der Waals surface area (Å²) in [5, 5.41) is 0. The number of nitrogens with zero attached hydrogens (tertiary/aromatic N) is 4. The van der Waals surface area contributed by atoms with Gasteiger partial charge >= 0.3 is 0 Å². The van der Waals surface area contributed by atoms with Crippen molar-refractivity contribution in [3.63, 3.8) is 0 Å². The molecule has 1 aliphatic carbocycles. The van der Waals surface area contributed by atoms with E-state index in [1.807, 2.05) is 18.3 Å². The van der Waals surface area contributed by atoms with Crippen molar-refractivity contribution in [3.05, 3.63) is 59.2 Å². The highest BCUT2D eigenvalue weighted by Gasteiger charge is 2.41. The first-order chi connectivity index (χ1) is 13.2. The van der Waals surface area contributed by atoms with Crippen molar-refractivity contribution in [2.24, 2.45) is 25.9 Å². The minimum Gasteiger partial charge on any atom is -0.291 e. The first-order valence-electron chi connectivity index (χ1n) is 9.26. The summed E-state index contributed by atoms with van der Waals surface area (Å²) < 4.78 is 14.4. The second-order valence-electron chi connectivity index (χ2n) is 6.48. The number of benzene rings is 1. The molecule has 2 rings (SSSR count). The van der Waals surface area contributed by atoms with Crippen LogP contribution in [0.4, 0.5) is 4.39 Å². The molecule has 1 saturated carbocycles. The highest BCUT2D eigenvalue weighted by atomic mass is 19.1. The van der Waals surface area contributed by atoms with Crippen LogP contribution in [0.15, 0.2) is 62.2 Å². The maximum atomic E-state index is 14.4. The largest absolute Gasteiger partial charge is 0.291 e. The van der Waals surface area contributed by atoms with Gasteiger partial charge in [0.15, 0.2) is 0 Å². The lowest BCUT2D eigenvalue weighted by atomic mass is 10.0. The first kappa shape index (κ1) is 20.6. The van der Waals surface area contributed by atoms with Crippen molar-refractivity contribution in [2.75, 3.05) is 13.1 Å². The van der Waals surface area contributed by atoms with E-state index < -0.39 is 0 Å². The molecule has 0 spiro atoms. The number of halogens is 1.